The second kappa shape index (κ2) is 6.52. The van der Waals surface area contributed by atoms with Gasteiger partial charge in [-0.1, -0.05) is 0 Å². The summed E-state index contributed by atoms with van der Waals surface area (Å²) in [5.74, 6) is 0. The molecule has 0 atom stereocenters. The predicted molar refractivity (Wildman–Crippen MR) is 58.8 cm³/mol. The molecular weight excluding hydrogens is 252 g/mol. The Morgan fingerprint density at radius 3 is 2.71 bits per heavy atom. The maximum absolute atomic E-state index is 11.1. The molecule has 0 spiro atoms. The van der Waals surface area contributed by atoms with Crippen LogP contribution < -0.4 is 22.3 Å². The average molecular weight is 265 g/mol. The van der Waals surface area contributed by atoms with Crippen LogP contribution in [0.1, 0.15) is 5.56 Å². The van der Waals surface area contributed by atoms with Gasteiger partial charge >= 0.3 is 5.69 Å². The van der Waals surface area contributed by atoms with Gasteiger partial charge in [0, 0.05) is 31.4 Å². The van der Waals surface area contributed by atoms with Crippen LogP contribution in [0.5, 0.6) is 0 Å². The van der Waals surface area contributed by atoms with E-state index < -0.39 is 5.69 Å². The van der Waals surface area contributed by atoms with E-state index in [2.05, 4.69) is 15.3 Å². The maximum atomic E-state index is 11.1. The minimum absolute atomic E-state index is 0. The number of H-pyrrole nitrogens is 2. The van der Waals surface area contributed by atoms with E-state index in [9.17, 15) is 9.59 Å². The molecule has 0 radical (unpaired) electrons. The SMILES string of the molecule is Br.NCCNCc1c[nH]c(=O)[nH]c1=O. The summed E-state index contributed by atoms with van der Waals surface area (Å²) in [5.41, 5.74) is 4.88. The zero-order valence-electron chi connectivity index (χ0n) is 7.50. The summed E-state index contributed by atoms with van der Waals surface area (Å²) in [6.07, 6.45) is 1.39. The Kier molecular flexibility index (Phi) is 6.09. The molecule has 0 aliphatic heterocycles. The van der Waals surface area contributed by atoms with Gasteiger partial charge in [-0.2, -0.15) is 0 Å². The summed E-state index contributed by atoms with van der Waals surface area (Å²) in [4.78, 5) is 26.2. The monoisotopic (exact) mass is 264 g/mol. The normalized spacial score (nSPS) is 9.50. The number of hydrogen-bond acceptors (Lipinski definition) is 4. The predicted octanol–water partition coefficient (Wildman–Crippen LogP) is -1.31. The lowest BCUT2D eigenvalue weighted by molar-refractivity contribution is 0.685. The molecule has 0 saturated carbocycles. The van der Waals surface area contributed by atoms with E-state index >= 15 is 0 Å². The van der Waals surface area contributed by atoms with Crippen LogP contribution in [-0.4, -0.2) is 23.1 Å². The third kappa shape index (κ3) is 3.86. The summed E-state index contributed by atoms with van der Waals surface area (Å²) in [6.45, 7) is 1.56. The standard InChI is InChI=1S/C7H12N4O2.BrH/c8-1-2-9-3-5-4-10-7(13)11-6(5)12;/h4,9H,1-3,8H2,(H2,10,11,12,13);1H. The molecule has 0 saturated heterocycles. The molecule has 80 valence electrons. The van der Waals surface area contributed by atoms with Gasteiger partial charge in [0.05, 0.1) is 0 Å². The third-order valence-corrected chi connectivity index (χ3v) is 1.53. The third-order valence-electron chi connectivity index (χ3n) is 1.53. The Hall–Kier alpha value is -0.920. The van der Waals surface area contributed by atoms with Crippen molar-refractivity contribution in [3.63, 3.8) is 0 Å². The minimum Gasteiger partial charge on any atom is -0.329 e. The summed E-state index contributed by atoms with van der Waals surface area (Å²) >= 11 is 0. The Labute approximate surface area is 90.7 Å². The quantitative estimate of drug-likeness (QED) is 0.507. The first-order valence-electron chi connectivity index (χ1n) is 3.95. The fourth-order valence-corrected chi connectivity index (χ4v) is 0.894. The van der Waals surface area contributed by atoms with Crippen molar-refractivity contribution >= 4 is 17.0 Å². The molecule has 1 aromatic heterocycles. The van der Waals surface area contributed by atoms with E-state index in [1.165, 1.54) is 6.20 Å². The molecule has 1 rings (SSSR count). The van der Waals surface area contributed by atoms with Gasteiger partial charge in [-0.05, 0) is 0 Å². The fraction of sp³-hybridized carbons (Fsp3) is 0.429. The average Bonchev–Trinajstić information content (AvgIpc) is 2.09. The first-order valence-corrected chi connectivity index (χ1v) is 3.95. The molecule has 0 aliphatic rings. The molecule has 1 heterocycles. The van der Waals surface area contributed by atoms with Gasteiger partial charge in [0.15, 0.2) is 0 Å². The summed E-state index contributed by atoms with van der Waals surface area (Å²) < 4.78 is 0. The molecule has 0 aromatic carbocycles. The van der Waals surface area contributed by atoms with Crippen LogP contribution in [0.4, 0.5) is 0 Å². The number of hydrogen-bond donors (Lipinski definition) is 4. The highest BCUT2D eigenvalue weighted by Crippen LogP contribution is 1.81. The van der Waals surface area contributed by atoms with Crippen LogP contribution in [0.15, 0.2) is 15.8 Å². The Morgan fingerprint density at radius 2 is 2.14 bits per heavy atom. The Bertz CT molecular complexity index is 372. The summed E-state index contributed by atoms with van der Waals surface area (Å²) in [6, 6.07) is 0. The van der Waals surface area contributed by atoms with Crippen molar-refractivity contribution in [1.29, 1.82) is 0 Å². The van der Waals surface area contributed by atoms with Crippen molar-refractivity contribution in [2.75, 3.05) is 13.1 Å². The number of nitrogens with two attached hydrogens (primary N) is 1. The van der Waals surface area contributed by atoms with Crippen LogP contribution in [0.25, 0.3) is 0 Å². The van der Waals surface area contributed by atoms with E-state index in [4.69, 9.17) is 5.73 Å². The molecule has 0 aliphatic carbocycles. The van der Waals surface area contributed by atoms with Crippen molar-refractivity contribution in [1.82, 2.24) is 15.3 Å². The Morgan fingerprint density at radius 1 is 1.43 bits per heavy atom. The molecule has 0 fully saturated rings. The lowest BCUT2D eigenvalue weighted by Gasteiger charge is -2.00. The Balaban J connectivity index is 0.00000169. The van der Waals surface area contributed by atoms with E-state index in [-0.39, 0.29) is 22.5 Å². The lowest BCUT2D eigenvalue weighted by atomic mass is 10.3. The van der Waals surface area contributed by atoms with Crippen LogP contribution in [0.2, 0.25) is 0 Å². The fourth-order valence-electron chi connectivity index (χ4n) is 0.894. The maximum Gasteiger partial charge on any atom is 0.325 e. The number of rotatable bonds is 4. The minimum atomic E-state index is -0.493. The van der Waals surface area contributed by atoms with Gasteiger partial charge in [-0.3, -0.25) is 9.78 Å². The van der Waals surface area contributed by atoms with E-state index in [1.54, 1.807) is 0 Å². The van der Waals surface area contributed by atoms with Gasteiger partial charge in [-0.15, -0.1) is 17.0 Å². The highest BCUT2D eigenvalue weighted by molar-refractivity contribution is 8.93. The molecular formula is C7H13BrN4O2. The first kappa shape index (κ1) is 13.1. The second-order valence-electron chi connectivity index (χ2n) is 2.56. The van der Waals surface area contributed by atoms with E-state index in [1.807, 2.05) is 0 Å². The molecule has 0 unspecified atom stereocenters. The van der Waals surface area contributed by atoms with Crippen LogP contribution >= 0.6 is 17.0 Å². The molecule has 14 heavy (non-hydrogen) atoms. The van der Waals surface area contributed by atoms with E-state index in [0.29, 0.717) is 25.2 Å². The summed E-state index contributed by atoms with van der Waals surface area (Å²) in [5, 5.41) is 2.94. The summed E-state index contributed by atoms with van der Waals surface area (Å²) in [7, 11) is 0. The molecule has 1 aromatic rings. The molecule has 5 N–H and O–H groups in total. The largest absolute Gasteiger partial charge is 0.329 e. The topological polar surface area (TPSA) is 104 Å². The van der Waals surface area contributed by atoms with Gasteiger partial charge in [0.1, 0.15) is 0 Å². The lowest BCUT2D eigenvalue weighted by Crippen LogP contribution is -2.29. The highest BCUT2D eigenvalue weighted by Gasteiger charge is 1.97. The van der Waals surface area contributed by atoms with Crippen molar-refractivity contribution in [3.8, 4) is 0 Å². The number of halogens is 1. The number of nitrogens with one attached hydrogen (secondary N) is 3. The zero-order valence-corrected chi connectivity index (χ0v) is 9.21. The van der Waals surface area contributed by atoms with Crippen molar-refractivity contribution in [3.05, 3.63) is 32.6 Å². The first-order chi connectivity index (χ1) is 6.24. The molecule has 6 nitrogen and oxygen atoms in total. The molecule has 0 amide bonds. The van der Waals surface area contributed by atoms with Gasteiger partial charge in [0.2, 0.25) is 0 Å². The van der Waals surface area contributed by atoms with Crippen molar-refractivity contribution in [2.45, 2.75) is 6.54 Å². The highest BCUT2D eigenvalue weighted by atomic mass is 79.9. The van der Waals surface area contributed by atoms with Crippen molar-refractivity contribution < 1.29 is 0 Å². The van der Waals surface area contributed by atoms with Crippen molar-refractivity contribution in [2.24, 2.45) is 5.73 Å². The number of aromatic nitrogens is 2. The van der Waals surface area contributed by atoms with Gasteiger partial charge in [-0.25, -0.2) is 4.79 Å². The zero-order chi connectivity index (χ0) is 9.68. The molecule has 7 heteroatoms. The van der Waals surface area contributed by atoms with Crippen LogP contribution in [-0.2, 0) is 6.54 Å². The van der Waals surface area contributed by atoms with E-state index in [0.717, 1.165) is 0 Å². The smallest absolute Gasteiger partial charge is 0.325 e. The van der Waals surface area contributed by atoms with Gasteiger partial charge < -0.3 is 16.0 Å². The molecule has 0 bridgehead atoms. The number of aromatic amines is 2. The second-order valence-corrected chi connectivity index (χ2v) is 2.56. The van der Waals surface area contributed by atoms with Gasteiger partial charge in [0.25, 0.3) is 5.56 Å². The van der Waals surface area contributed by atoms with Crippen LogP contribution in [0.3, 0.4) is 0 Å². The van der Waals surface area contributed by atoms with Crippen LogP contribution in [0, 0.1) is 0 Å².